The number of ether oxygens (including phenoxy) is 2. The number of nitrogens with zero attached hydrogens (tertiary/aromatic N) is 1. The molecule has 0 bridgehead atoms. The van der Waals surface area contributed by atoms with Gasteiger partial charge < -0.3 is 9.47 Å². The molecule has 124 valence electrons. The first-order valence-electron chi connectivity index (χ1n) is 7.02. The average Bonchev–Trinajstić information content (AvgIpc) is 2.59. The van der Waals surface area contributed by atoms with Crippen LogP contribution >= 0.6 is 11.6 Å². The molecule has 0 aliphatic rings. The molecule has 2 aromatic rings. The Labute approximate surface area is 143 Å². The summed E-state index contributed by atoms with van der Waals surface area (Å²) in [6.45, 7) is 0.324. The van der Waals surface area contributed by atoms with Crippen molar-refractivity contribution in [3.05, 3.63) is 75.3 Å². The summed E-state index contributed by atoms with van der Waals surface area (Å²) in [6, 6.07) is 12.7. The quantitative estimate of drug-likeness (QED) is 0.250. The lowest BCUT2D eigenvalue weighted by Crippen LogP contribution is -2.10. The number of carbonyl (C=O) groups is 1. The molecule has 0 saturated carbocycles. The van der Waals surface area contributed by atoms with Crippen LogP contribution in [-0.2, 0) is 9.53 Å². The first kappa shape index (κ1) is 17.5. The molecule has 0 radical (unpaired) electrons. The summed E-state index contributed by atoms with van der Waals surface area (Å²) in [6.07, 6.45) is 2.77. The molecule has 0 saturated heterocycles. The molecule has 0 heterocycles. The van der Waals surface area contributed by atoms with Crippen LogP contribution < -0.4 is 4.74 Å². The third kappa shape index (κ3) is 5.73. The van der Waals surface area contributed by atoms with E-state index in [1.165, 1.54) is 24.3 Å². The van der Waals surface area contributed by atoms with Crippen LogP contribution in [-0.4, -0.2) is 24.1 Å². The predicted octanol–water partition coefficient (Wildman–Crippen LogP) is 3.88. The van der Waals surface area contributed by atoms with Crippen LogP contribution in [0.15, 0.2) is 54.6 Å². The molecular weight excluding hydrogens is 334 g/mol. The third-order valence-corrected chi connectivity index (χ3v) is 3.18. The van der Waals surface area contributed by atoms with E-state index in [2.05, 4.69) is 0 Å². The van der Waals surface area contributed by atoms with E-state index in [-0.39, 0.29) is 18.9 Å². The summed E-state index contributed by atoms with van der Waals surface area (Å²) in [7, 11) is 0. The second kappa shape index (κ2) is 8.69. The van der Waals surface area contributed by atoms with Crippen molar-refractivity contribution in [3.63, 3.8) is 0 Å². The van der Waals surface area contributed by atoms with Crippen molar-refractivity contribution in [2.24, 2.45) is 0 Å². The summed E-state index contributed by atoms with van der Waals surface area (Å²) in [4.78, 5) is 21.6. The fourth-order valence-electron chi connectivity index (χ4n) is 1.75. The van der Waals surface area contributed by atoms with Crippen molar-refractivity contribution in [1.29, 1.82) is 0 Å². The van der Waals surface area contributed by atoms with Gasteiger partial charge in [-0.15, -0.1) is 0 Å². The van der Waals surface area contributed by atoms with Crippen LogP contribution in [0.3, 0.4) is 0 Å². The molecule has 0 aromatic heterocycles. The van der Waals surface area contributed by atoms with E-state index < -0.39 is 10.9 Å². The van der Waals surface area contributed by atoms with Gasteiger partial charge in [0.25, 0.3) is 5.69 Å². The molecule has 0 atom stereocenters. The zero-order chi connectivity index (χ0) is 17.4. The largest absolute Gasteiger partial charge is 0.490 e. The van der Waals surface area contributed by atoms with Gasteiger partial charge in [-0.1, -0.05) is 11.6 Å². The maximum absolute atomic E-state index is 11.6. The molecule has 0 aliphatic heterocycles. The highest BCUT2D eigenvalue weighted by Crippen LogP contribution is 2.15. The van der Waals surface area contributed by atoms with Crippen LogP contribution in [0, 0.1) is 10.1 Å². The molecule has 7 heteroatoms. The van der Waals surface area contributed by atoms with E-state index in [0.29, 0.717) is 16.3 Å². The van der Waals surface area contributed by atoms with Gasteiger partial charge in [0.05, 0.1) is 4.92 Å². The molecular formula is C17H14ClNO5. The van der Waals surface area contributed by atoms with Crippen molar-refractivity contribution < 1.29 is 19.2 Å². The predicted molar refractivity (Wildman–Crippen MR) is 90.0 cm³/mol. The van der Waals surface area contributed by atoms with Crippen molar-refractivity contribution >= 4 is 29.3 Å². The van der Waals surface area contributed by atoms with Crippen LogP contribution in [0.4, 0.5) is 5.69 Å². The van der Waals surface area contributed by atoms with Gasteiger partial charge in [0.15, 0.2) is 0 Å². The van der Waals surface area contributed by atoms with Crippen molar-refractivity contribution in [2.75, 3.05) is 13.2 Å². The number of nitro benzene ring substituents is 1. The Bertz CT molecular complexity index is 726. The summed E-state index contributed by atoms with van der Waals surface area (Å²) in [5.41, 5.74) is 0.657. The lowest BCUT2D eigenvalue weighted by atomic mass is 10.2. The number of non-ortho nitro benzene ring substituents is 1. The Hall–Kier alpha value is -2.86. The molecule has 0 unspecified atom stereocenters. The normalized spacial score (nSPS) is 10.5. The van der Waals surface area contributed by atoms with Gasteiger partial charge in [0.1, 0.15) is 19.0 Å². The second-order valence-electron chi connectivity index (χ2n) is 4.65. The van der Waals surface area contributed by atoms with Crippen molar-refractivity contribution in [3.8, 4) is 5.75 Å². The van der Waals surface area contributed by atoms with Gasteiger partial charge in [0, 0.05) is 23.2 Å². The summed E-state index contributed by atoms with van der Waals surface area (Å²) < 4.78 is 10.4. The minimum Gasteiger partial charge on any atom is -0.490 e. The van der Waals surface area contributed by atoms with Gasteiger partial charge >= 0.3 is 5.97 Å². The number of esters is 1. The van der Waals surface area contributed by atoms with Gasteiger partial charge in [-0.3, -0.25) is 10.1 Å². The Kier molecular flexibility index (Phi) is 6.33. The maximum Gasteiger partial charge on any atom is 0.330 e. The highest BCUT2D eigenvalue weighted by molar-refractivity contribution is 6.30. The lowest BCUT2D eigenvalue weighted by Gasteiger charge is -2.06. The Balaban J connectivity index is 1.72. The standard InChI is InChI=1S/C17H14ClNO5/c18-14-4-8-16(9-5-14)23-11-12-24-17(20)10-3-13-1-6-15(7-2-13)19(21)22/h1-10H,11-12H2/b10-3+. The third-order valence-electron chi connectivity index (χ3n) is 2.93. The van der Waals surface area contributed by atoms with E-state index in [9.17, 15) is 14.9 Å². The van der Waals surface area contributed by atoms with E-state index in [1.54, 1.807) is 36.4 Å². The van der Waals surface area contributed by atoms with Crippen LogP contribution in [0.25, 0.3) is 6.08 Å². The first-order chi connectivity index (χ1) is 11.5. The second-order valence-corrected chi connectivity index (χ2v) is 5.09. The Morgan fingerprint density at radius 1 is 1.08 bits per heavy atom. The fourth-order valence-corrected chi connectivity index (χ4v) is 1.88. The highest BCUT2D eigenvalue weighted by Gasteiger charge is 2.03. The SMILES string of the molecule is O=C(/C=C/c1ccc([N+](=O)[O-])cc1)OCCOc1ccc(Cl)cc1. The fraction of sp³-hybridized carbons (Fsp3) is 0.118. The minimum absolute atomic E-state index is 0.00549. The number of benzene rings is 2. The Morgan fingerprint density at radius 3 is 2.38 bits per heavy atom. The van der Waals surface area contributed by atoms with E-state index in [0.717, 1.165) is 0 Å². The van der Waals surface area contributed by atoms with E-state index in [1.807, 2.05) is 0 Å². The summed E-state index contributed by atoms with van der Waals surface area (Å²) >= 11 is 5.76. The van der Waals surface area contributed by atoms with Crippen molar-refractivity contribution in [1.82, 2.24) is 0 Å². The topological polar surface area (TPSA) is 78.7 Å². The Morgan fingerprint density at radius 2 is 1.75 bits per heavy atom. The minimum atomic E-state index is -0.520. The molecule has 2 rings (SSSR count). The molecule has 0 aliphatic carbocycles. The van der Waals surface area contributed by atoms with Crippen LogP contribution in [0.1, 0.15) is 5.56 Å². The van der Waals surface area contributed by atoms with E-state index in [4.69, 9.17) is 21.1 Å². The number of hydrogen-bond donors (Lipinski definition) is 0. The summed E-state index contributed by atoms with van der Waals surface area (Å²) in [5, 5.41) is 11.2. The molecule has 24 heavy (non-hydrogen) atoms. The number of rotatable bonds is 7. The van der Waals surface area contributed by atoms with Crippen molar-refractivity contribution in [2.45, 2.75) is 0 Å². The van der Waals surface area contributed by atoms with Gasteiger partial charge in [-0.05, 0) is 48.0 Å². The van der Waals surface area contributed by atoms with Gasteiger partial charge in [0.2, 0.25) is 0 Å². The highest BCUT2D eigenvalue weighted by atomic mass is 35.5. The zero-order valence-electron chi connectivity index (χ0n) is 12.6. The zero-order valence-corrected chi connectivity index (χ0v) is 13.3. The van der Waals surface area contributed by atoms with Gasteiger partial charge in [-0.25, -0.2) is 4.79 Å². The molecule has 0 amide bonds. The number of halogens is 1. The molecule has 2 aromatic carbocycles. The molecule has 0 fully saturated rings. The lowest BCUT2D eigenvalue weighted by molar-refractivity contribution is -0.384. The van der Waals surface area contributed by atoms with Gasteiger partial charge in [-0.2, -0.15) is 0 Å². The summed E-state index contributed by atoms with van der Waals surface area (Å²) in [5.74, 6) is 0.116. The van der Waals surface area contributed by atoms with Crippen LogP contribution in [0.5, 0.6) is 5.75 Å². The average molecular weight is 348 g/mol. The number of carbonyl (C=O) groups excluding carboxylic acids is 1. The molecule has 6 nitrogen and oxygen atoms in total. The molecule has 0 N–H and O–H groups in total. The number of hydrogen-bond acceptors (Lipinski definition) is 5. The van der Waals surface area contributed by atoms with Crippen LogP contribution in [0.2, 0.25) is 5.02 Å². The molecule has 0 spiro atoms. The monoisotopic (exact) mass is 347 g/mol. The first-order valence-corrected chi connectivity index (χ1v) is 7.40. The smallest absolute Gasteiger partial charge is 0.330 e. The van der Waals surface area contributed by atoms with E-state index >= 15 is 0 Å². The maximum atomic E-state index is 11.6. The number of nitro groups is 1.